The van der Waals surface area contributed by atoms with Gasteiger partial charge in [0.1, 0.15) is 0 Å². The van der Waals surface area contributed by atoms with Crippen LogP contribution >= 0.6 is 0 Å². The second kappa shape index (κ2) is 8.75. The SMILES string of the molecule is COCCn1cc(Nc2ncc(F)c(OCC3CCCCC3)n2)cn1. The van der Waals surface area contributed by atoms with Crippen LogP contribution in [0.2, 0.25) is 0 Å². The van der Waals surface area contributed by atoms with Crippen LogP contribution in [0.15, 0.2) is 18.6 Å². The molecular weight excluding hydrogens is 325 g/mol. The van der Waals surface area contributed by atoms with E-state index < -0.39 is 5.82 Å². The summed E-state index contributed by atoms with van der Waals surface area (Å²) < 4.78 is 26.3. The molecule has 2 aromatic heterocycles. The second-order valence-electron chi connectivity index (χ2n) is 6.27. The molecule has 8 heteroatoms. The highest BCUT2D eigenvalue weighted by Gasteiger charge is 2.16. The van der Waals surface area contributed by atoms with Crippen LogP contribution in [0, 0.1) is 11.7 Å². The van der Waals surface area contributed by atoms with E-state index in [1.807, 2.05) is 6.20 Å². The molecule has 2 heterocycles. The van der Waals surface area contributed by atoms with Gasteiger partial charge in [-0.25, -0.2) is 4.98 Å². The number of anilines is 2. The maximum Gasteiger partial charge on any atom is 0.255 e. The first-order valence-electron chi connectivity index (χ1n) is 8.68. The van der Waals surface area contributed by atoms with Crippen molar-refractivity contribution in [1.29, 1.82) is 0 Å². The first-order valence-corrected chi connectivity index (χ1v) is 8.68. The molecule has 0 aromatic carbocycles. The maximum atomic E-state index is 13.9. The molecule has 0 radical (unpaired) electrons. The highest BCUT2D eigenvalue weighted by Crippen LogP contribution is 2.25. The number of nitrogens with zero attached hydrogens (tertiary/aromatic N) is 4. The van der Waals surface area contributed by atoms with Crippen molar-refractivity contribution < 1.29 is 13.9 Å². The molecule has 0 atom stereocenters. The van der Waals surface area contributed by atoms with E-state index in [0.29, 0.717) is 25.7 Å². The van der Waals surface area contributed by atoms with E-state index in [2.05, 4.69) is 20.4 Å². The lowest BCUT2D eigenvalue weighted by Gasteiger charge is -2.21. The largest absolute Gasteiger partial charge is 0.475 e. The van der Waals surface area contributed by atoms with Crippen molar-refractivity contribution >= 4 is 11.6 Å². The molecule has 2 aromatic rings. The van der Waals surface area contributed by atoms with Crippen molar-refractivity contribution in [3.8, 4) is 5.88 Å². The van der Waals surface area contributed by atoms with Crippen LogP contribution in [0.3, 0.4) is 0 Å². The summed E-state index contributed by atoms with van der Waals surface area (Å²) in [5.41, 5.74) is 0.723. The Bertz CT molecular complexity index is 673. The van der Waals surface area contributed by atoms with E-state index in [4.69, 9.17) is 9.47 Å². The predicted molar refractivity (Wildman–Crippen MR) is 91.4 cm³/mol. The Morgan fingerprint density at radius 2 is 2.12 bits per heavy atom. The van der Waals surface area contributed by atoms with Gasteiger partial charge >= 0.3 is 0 Å². The van der Waals surface area contributed by atoms with Gasteiger partial charge in [-0.3, -0.25) is 4.68 Å². The van der Waals surface area contributed by atoms with E-state index in [-0.39, 0.29) is 11.8 Å². The van der Waals surface area contributed by atoms with Gasteiger partial charge in [-0.2, -0.15) is 14.5 Å². The first-order chi connectivity index (χ1) is 12.2. The molecular formula is C17H24FN5O2. The Morgan fingerprint density at radius 1 is 1.28 bits per heavy atom. The van der Waals surface area contributed by atoms with E-state index in [0.717, 1.165) is 24.7 Å². The smallest absolute Gasteiger partial charge is 0.255 e. The van der Waals surface area contributed by atoms with Gasteiger partial charge in [0.15, 0.2) is 0 Å². The number of hydrogen-bond donors (Lipinski definition) is 1. The van der Waals surface area contributed by atoms with Gasteiger partial charge in [-0.15, -0.1) is 0 Å². The second-order valence-corrected chi connectivity index (χ2v) is 6.27. The van der Waals surface area contributed by atoms with Gasteiger partial charge in [0.2, 0.25) is 11.8 Å². The van der Waals surface area contributed by atoms with E-state index in [1.165, 1.54) is 19.3 Å². The minimum Gasteiger partial charge on any atom is -0.475 e. The minimum absolute atomic E-state index is 0.00477. The van der Waals surface area contributed by atoms with Gasteiger partial charge in [0.25, 0.3) is 5.88 Å². The normalized spacial score (nSPS) is 15.3. The Hall–Kier alpha value is -2.22. The minimum atomic E-state index is -0.544. The Kier molecular flexibility index (Phi) is 6.16. The summed E-state index contributed by atoms with van der Waals surface area (Å²) in [5.74, 6) is 0.219. The molecule has 0 saturated heterocycles. The Balaban J connectivity index is 1.59. The van der Waals surface area contributed by atoms with Crippen molar-refractivity contribution in [3.63, 3.8) is 0 Å². The quantitative estimate of drug-likeness (QED) is 0.789. The number of ether oxygens (including phenoxy) is 2. The fourth-order valence-electron chi connectivity index (χ4n) is 2.93. The molecule has 1 saturated carbocycles. The third-order valence-electron chi connectivity index (χ3n) is 4.31. The zero-order valence-electron chi connectivity index (χ0n) is 14.4. The average Bonchev–Trinajstić information content (AvgIpc) is 3.08. The molecule has 7 nitrogen and oxygen atoms in total. The lowest BCUT2D eigenvalue weighted by atomic mass is 9.90. The summed E-state index contributed by atoms with van der Waals surface area (Å²) in [5, 5.41) is 7.21. The molecule has 1 aliphatic rings. The summed E-state index contributed by atoms with van der Waals surface area (Å²) in [4.78, 5) is 8.10. The van der Waals surface area contributed by atoms with Gasteiger partial charge in [-0.1, -0.05) is 19.3 Å². The first kappa shape index (κ1) is 17.6. The molecule has 1 aliphatic carbocycles. The predicted octanol–water partition coefficient (Wildman–Crippen LogP) is 3.16. The van der Waals surface area contributed by atoms with Crippen LogP contribution < -0.4 is 10.1 Å². The molecule has 0 unspecified atom stereocenters. The van der Waals surface area contributed by atoms with Crippen LogP contribution in [0.1, 0.15) is 32.1 Å². The Labute approximate surface area is 146 Å². The van der Waals surface area contributed by atoms with E-state index >= 15 is 0 Å². The summed E-state index contributed by atoms with van der Waals surface area (Å²) in [6.45, 7) is 1.73. The number of rotatable bonds is 8. The summed E-state index contributed by atoms with van der Waals surface area (Å²) >= 11 is 0. The molecule has 1 N–H and O–H groups in total. The molecule has 0 aliphatic heterocycles. The molecule has 3 rings (SSSR count). The third kappa shape index (κ3) is 5.12. The third-order valence-corrected chi connectivity index (χ3v) is 4.31. The monoisotopic (exact) mass is 349 g/mol. The lowest BCUT2D eigenvalue weighted by Crippen LogP contribution is -2.16. The van der Waals surface area contributed by atoms with Crippen molar-refractivity contribution in [2.75, 3.05) is 25.6 Å². The van der Waals surface area contributed by atoms with E-state index in [9.17, 15) is 4.39 Å². The number of halogens is 1. The molecule has 136 valence electrons. The molecule has 0 amide bonds. The van der Waals surface area contributed by atoms with Crippen molar-refractivity contribution in [3.05, 3.63) is 24.4 Å². The van der Waals surface area contributed by atoms with Crippen molar-refractivity contribution in [2.45, 2.75) is 38.6 Å². The number of methoxy groups -OCH3 is 1. The van der Waals surface area contributed by atoms with Gasteiger partial charge in [0.05, 0.1) is 37.8 Å². The standard InChI is InChI=1S/C17H24FN5O2/c1-24-8-7-23-11-14(9-20-23)21-17-19-10-15(18)16(22-17)25-12-13-5-3-2-4-6-13/h9-11,13H,2-8,12H2,1H3,(H,19,21,22). The summed E-state index contributed by atoms with van der Waals surface area (Å²) in [7, 11) is 1.64. The van der Waals surface area contributed by atoms with E-state index in [1.54, 1.807) is 18.0 Å². The fourth-order valence-corrected chi connectivity index (χ4v) is 2.93. The lowest BCUT2D eigenvalue weighted by molar-refractivity contribution is 0.183. The maximum absolute atomic E-state index is 13.9. The summed E-state index contributed by atoms with van der Waals surface area (Å²) in [6.07, 6.45) is 10.6. The number of hydrogen-bond acceptors (Lipinski definition) is 6. The molecule has 1 fully saturated rings. The van der Waals surface area contributed by atoms with Crippen LogP contribution in [-0.4, -0.2) is 40.1 Å². The number of nitrogens with one attached hydrogen (secondary N) is 1. The van der Waals surface area contributed by atoms with Crippen molar-refractivity contribution in [2.24, 2.45) is 5.92 Å². The zero-order valence-corrected chi connectivity index (χ0v) is 14.4. The van der Waals surface area contributed by atoms with Crippen LogP contribution in [-0.2, 0) is 11.3 Å². The number of aromatic nitrogens is 4. The average molecular weight is 349 g/mol. The molecule has 0 spiro atoms. The highest BCUT2D eigenvalue weighted by molar-refractivity contribution is 5.50. The topological polar surface area (TPSA) is 74.1 Å². The van der Waals surface area contributed by atoms with Gasteiger partial charge < -0.3 is 14.8 Å². The highest BCUT2D eigenvalue weighted by atomic mass is 19.1. The molecule has 25 heavy (non-hydrogen) atoms. The van der Waals surface area contributed by atoms with Gasteiger partial charge in [0, 0.05) is 13.3 Å². The van der Waals surface area contributed by atoms with Crippen molar-refractivity contribution in [1.82, 2.24) is 19.7 Å². The van der Waals surface area contributed by atoms with Gasteiger partial charge in [-0.05, 0) is 18.8 Å². The van der Waals surface area contributed by atoms with Crippen LogP contribution in [0.5, 0.6) is 5.88 Å². The Morgan fingerprint density at radius 3 is 2.92 bits per heavy atom. The zero-order chi connectivity index (χ0) is 17.5. The molecule has 0 bridgehead atoms. The fraction of sp³-hybridized carbons (Fsp3) is 0.588. The summed E-state index contributed by atoms with van der Waals surface area (Å²) in [6, 6.07) is 0. The van der Waals surface area contributed by atoms with Crippen LogP contribution in [0.4, 0.5) is 16.0 Å². The van der Waals surface area contributed by atoms with Crippen LogP contribution in [0.25, 0.3) is 0 Å².